The fraction of sp³-hybridized carbons (Fsp3) is 0.316. The highest BCUT2D eigenvalue weighted by atomic mass is 32.2. The zero-order valence-corrected chi connectivity index (χ0v) is 15.9. The summed E-state index contributed by atoms with van der Waals surface area (Å²) >= 11 is 0. The van der Waals surface area contributed by atoms with Crippen LogP contribution in [0.3, 0.4) is 0 Å². The van der Waals surface area contributed by atoms with Crippen LogP contribution >= 0.6 is 0 Å². The van der Waals surface area contributed by atoms with Crippen LogP contribution in [0.15, 0.2) is 54.6 Å². The second-order valence-corrected chi connectivity index (χ2v) is 7.90. The molecule has 1 amide bonds. The maximum Gasteiger partial charge on any atom is 0.222 e. The van der Waals surface area contributed by atoms with Gasteiger partial charge in [-0.05, 0) is 30.2 Å². The predicted octanol–water partition coefficient (Wildman–Crippen LogP) is 2.55. The van der Waals surface area contributed by atoms with Gasteiger partial charge < -0.3 is 10.1 Å². The molecule has 0 spiro atoms. The molecule has 0 heterocycles. The normalized spacial score (nSPS) is 13.7. The van der Waals surface area contributed by atoms with E-state index in [2.05, 4.69) is 10.0 Å². The molecule has 0 saturated carbocycles. The SMILES string of the molecule is COc1ccc([C@@H](CC(=O)N[C@@H](C)c2ccccc2)NS(C)(=O)=O)cc1. The number of methoxy groups -OCH3 is 1. The zero-order chi connectivity index (χ0) is 19.2. The summed E-state index contributed by atoms with van der Waals surface area (Å²) in [5, 5.41) is 2.91. The predicted molar refractivity (Wildman–Crippen MR) is 101 cm³/mol. The summed E-state index contributed by atoms with van der Waals surface area (Å²) in [6.07, 6.45) is 1.07. The minimum atomic E-state index is -3.47. The first-order valence-electron chi connectivity index (χ1n) is 8.24. The van der Waals surface area contributed by atoms with E-state index < -0.39 is 16.1 Å². The van der Waals surface area contributed by atoms with Gasteiger partial charge in [-0.25, -0.2) is 13.1 Å². The Morgan fingerprint density at radius 1 is 1.04 bits per heavy atom. The van der Waals surface area contributed by atoms with Crippen molar-refractivity contribution in [2.75, 3.05) is 13.4 Å². The maximum absolute atomic E-state index is 12.4. The molecule has 2 aromatic carbocycles. The summed E-state index contributed by atoms with van der Waals surface area (Å²) in [4.78, 5) is 12.4. The van der Waals surface area contributed by atoms with Crippen molar-refractivity contribution in [1.29, 1.82) is 0 Å². The molecule has 0 aliphatic carbocycles. The molecular formula is C19H24N2O4S. The number of ether oxygens (including phenoxy) is 1. The second-order valence-electron chi connectivity index (χ2n) is 6.12. The van der Waals surface area contributed by atoms with Crippen molar-refractivity contribution in [3.8, 4) is 5.75 Å². The minimum absolute atomic E-state index is 0.00340. The molecule has 0 unspecified atom stereocenters. The lowest BCUT2D eigenvalue weighted by molar-refractivity contribution is -0.122. The summed E-state index contributed by atoms with van der Waals surface area (Å²) in [7, 11) is -1.92. The Hall–Kier alpha value is -2.38. The topological polar surface area (TPSA) is 84.5 Å². The lowest BCUT2D eigenvalue weighted by Gasteiger charge is -2.20. The molecule has 2 atom stereocenters. The van der Waals surface area contributed by atoms with Crippen LogP contribution in [0.2, 0.25) is 0 Å². The number of carbonyl (C=O) groups is 1. The Morgan fingerprint density at radius 3 is 2.19 bits per heavy atom. The van der Waals surface area contributed by atoms with E-state index in [-0.39, 0.29) is 18.4 Å². The minimum Gasteiger partial charge on any atom is -0.497 e. The van der Waals surface area contributed by atoms with E-state index in [9.17, 15) is 13.2 Å². The van der Waals surface area contributed by atoms with E-state index in [1.165, 1.54) is 0 Å². The van der Waals surface area contributed by atoms with Gasteiger partial charge in [-0.2, -0.15) is 0 Å². The van der Waals surface area contributed by atoms with Crippen molar-refractivity contribution in [1.82, 2.24) is 10.0 Å². The number of rotatable bonds is 8. The average Bonchev–Trinajstić information content (AvgIpc) is 2.60. The van der Waals surface area contributed by atoms with E-state index in [0.717, 1.165) is 11.8 Å². The molecule has 0 bridgehead atoms. The van der Waals surface area contributed by atoms with Crippen molar-refractivity contribution in [2.45, 2.75) is 25.4 Å². The van der Waals surface area contributed by atoms with Crippen molar-refractivity contribution in [3.63, 3.8) is 0 Å². The summed E-state index contributed by atoms with van der Waals surface area (Å²) in [5.74, 6) is 0.423. The second kappa shape index (κ2) is 8.82. The third kappa shape index (κ3) is 6.16. The van der Waals surface area contributed by atoms with Crippen molar-refractivity contribution < 1.29 is 17.9 Å². The van der Waals surface area contributed by atoms with Gasteiger partial charge in [-0.15, -0.1) is 0 Å². The van der Waals surface area contributed by atoms with E-state index in [1.54, 1.807) is 31.4 Å². The van der Waals surface area contributed by atoms with Crippen LogP contribution in [-0.2, 0) is 14.8 Å². The van der Waals surface area contributed by atoms with Gasteiger partial charge in [0, 0.05) is 6.42 Å². The molecule has 2 rings (SSSR count). The molecule has 26 heavy (non-hydrogen) atoms. The smallest absolute Gasteiger partial charge is 0.222 e. The Balaban J connectivity index is 2.11. The maximum atomic E-state index is 12.4. The fourth-order valence-electron chi connectivity index (χ4n) is 2.63. The van der Waals surface area contributed by atoms with Gasteiger partial charge >= 0.3 is 0 Å². The Kier molecular flexibility index (Phi) is 6.76. The summed E-state index contributed by atoms with van der Waals surface area (Å²) in [6.45, 7) is 1.89. The molecule has 140 valence electrons. The number of sulfonamides is 1. The molecule has 2 N–H and O–H groups in total. The van der Waals surface area contributed by atoms with Crippen LogP contribution in [0, 0.1) is 0 Å². The average molecular weight is 376 g/mol. The van der Waals surface area contributed by atoms with Crippen molar-refractivity contribution in [3.05, 3.63) is 65.7 Å². The lowest BCUT2D eigenvalue weighted by Crippen LogP contribution is -2.34. The largest absolute Gasteiger partial charge is 0.497 e. The Labute approximate surface area is 154 Å². The molecule has 0 fully saturated rings. The van der Waals surface area contributed by atoms with Gasteiger partial charge in [-0.1, -0.05) is 42.5 Å². The zero-order valence-electron chi connectivity index (χ0n) is 15.1. The summed E-state index contributed by atoms with van der Waals surface area (Å²) < 4.78 is 31.0. The summed E-state index contributed by atoms with van der Waals surface area (Å²) in [5.41, 5.74) is 1.68. The first-order chi connectivity index (χ1) is 12.3. The van der Waals surface area contributed by atoms with Gasteiger partial charge in [0.05, 0.1) is 25.4 Å². The highest BCUT2D eigenvalue weighted by Crippen LogP contribution is 2.22. The van der Waals surface area contributed by atoms with Gasteiger partial charge in [0.1, 0.15) is 5.75 Å². The van der Waals surface area contributed by atoms with Crippen molar-refractivity contribution >= 4 is 15.9 Å². The number of benzene rings is 2. The first-order valence-corrected chi connectivity index (χ1v) is 10.1. The van der Waals surface area contributed by atoms with Crippen molar-refractivity contribution in [2.24, 2.45) is 0 Å². The molecule has 2 aromatic rings. The molecule has 7 heteroatoms. The van der Waals surface area contributed by atoms with Crippen LogP contribution in [0.25, 0.3) is 0 Å². The van der Waals surface area contributed by atoms with E-state index >= 15 is 0 Å². The summed E-state index contributed by atoms with van der Waals surface area (Å²) in [6, 6.07) is 15.7. The van der Waals surface area contributed by atoms with Crippen LogP contribution in [0.4, 0.5) is 0 Å². The first kappa shape index (κ1) is 19.9. The molecule has 0 saturated heterocycles. The molecule has 0 aliphatic rings. The fourth-order valence-corrected chi connectivity index (χ4v) is 3.37. The molecule has 0 radical (unpaired) electrons. The molecule has 6 nitrogen and oxygen atoms in total. The third-order valence-corrected chi connectivity index (χ3v) is 4.65. The van der Waals surface area contributed by atoms with Crippen LogP contribution in [0.5, 0.6) is 5.75 Å². The Morgan fingerprint density at radius 2 is 1.65 bits per heavy atom. The molecular weight excluding hydrogens is 352 g/mol. The monoisotopic (exact) mass is 376 g/mol. The highest BCUT2D eigenvalue weighted by molar-refractivity contribution is 7.88. The highest BCUT2D eigenvalue weighted by Gasteiger charge is 2.21. The number of hydrogen-bond acceptors (Lipinski definition) is 4. The van der Waals surface area contributed by atoms with E-state index in [0.29, 0.717) is 11.3 Å². The standard InChI is InChI=1S/C19H24N2O4S/c1-14(15-7-5-4-6-8-15)20-19(22)13-18(21-26(3,23)24)16-9-11-17(25-2)12-10-16/h4-12,14,18,21H,13H2,1-3H3,(H,20,22)/t14-,18+/m0/s1. The quantitative estimate of drug-likeness (QED) is 0.742. The number of amides is 1. The molecule has 0 aliphatic heterocycles. The number of hydrogen-bond donors (Lipinski definition) is 2. The van der Waals surface area contributed by atoms with E-state index in [4.69, 9.17) is 4.74 Å². The lowest BCUT2D eigenvalue weighted by atomic mass is 10.0. The van der Waals surface area contributed by atoms with Crippen LogP contribution in [0.1, 0.15) is 36.6 Å². The van der Waals surface area contributed by atoms with Crippen LogP contribution in [-0.4, -0.2) is 27.7 Å². The Bertz CT molecular complexity index is 820. The van der Waals surface area contributed by atoms with Gasteiger partial charge in [0.2, 0.25) is 15.9 Å². The van der Waals surface area contributed by atoms with Gasteiger partial charge in [0.25, 0.3) is 0 Å². The van der Waals surface area contributed by atoms with Gasteiger partial charge in [0.15, 0.2) is 0 Å². The number of nitrogens with one attached hydrogen (secondary N) is 2. The van der Waals surface area contributed by atoms with Gasteiger partial charge in [-0.3, -0.25) is 4.79 Å². The number of carbonyl (C=O) groups excluding carboxylic acids is 1. The van der Waals surface area contributed by atoms with Crippen LogP contribution < -0.4 is 14.8 Å². The van der Waals surface area contributed by atoms with E-state index in [1.807, 2.05) is 37.3 Å². The third-order valence-electron chi connectivity index (χ3n) is 3.94. The molecule has 0 aromatic heterocycles.